The van der Waals surface area contributed by atoms with Crippen molar-refractivity contribution in [2.75, 3.05) is 0 Å². The largest absolute Gasteiger partial charge is 0.272 e. The molecule has 1 aromatic carbocycles. The maximum absolute atomic E-state index is 8.96. The summed E-state index contributed by atoms with van der Waals surface area (Å²) in [6, 6.07) is 7.89. The molecule has 0 aliphatic rings. The molecule has 0 aromatic heterocycles. The fourth-order valence-electron chi connectivity index (χ4n) is 1.54. The van der Waals surface area contributed by atoms with Gasteiger partial charge in [0.05, 0.1) is 11.6 Å². The molecule has 0 heterocycles. The predicted octanol–water partition coefficient (Wildman–Crippen LogP) is 5.54. The van der Waals surface area contributed by atoms with Crippen LogP contribution in [0.3, 0.4) is 0 Å². The van der Waals surface area contributed by atoms with Crippen molar-refractivity contribution in [3.63, 3.8) is 0 Å². The third-order valence-corrected chi connectivity index (χ3v) is 2.44. The molecule has 0 saturated carbocycles. The first-order valence-electron chi connectivity index (χ1n) is 7.03. The van der Waals surface area contributed by atoms with Crippen molar-refractivity contribution in [1.82, 2.24) is 0 Å². The molecule has 0 radical (unpaired) electrons. The van der Waals surface area contributed by atoms with Crippen LogP contribution in [0.4, 0.5) is 0 Å². The van der Waals surface area contributed by atoms with E-state index in [9.17, 15) is 0 Å². The van der Waals surface area contributed by atoms with Gasteiger partial charge in [0.2, 0.25) is 0 Å². The van der Waals surface area contributed by atoms with Gasteiger partial charge in [0.25, 0.3) is 0 Å². The first kappa shape index (κ1) is 20.2. The normalized spacial score (nSPS) is 9.75. The first-order valence-corrected chi connectivity index (χ1v) is 7.03. The number of allylic oxidation sites excluding steroid dienone is 3. The predicted molar refractivity (Wildman–Crippen MR) is 90.9 cm³/mol. The van der Waals surface area contributed by atoms with Gasteiger partial charge in [-0.2, -0.15) is 5.26 Å². The third kappa shape index (κ3) is 6.15. The highest BCUT2D eigenvalue weighted by atomic mass is 14.6. The molecule has 0 N–H and O–H groups in total. The van der Waals surface area contributed by atoms with E-state index in [1.54, 1.807) is 6.20 Å². The summed E-state index contributed by atoms with van der Waals surface area (Å²) in [6.07, 6.45) is 5.52. The molecule has 1 aromatic rings. The molecule has 2 heteroatoms. The smallest absolute Gasteiger partial charge is 0.0994 e. The Balaban J connectivity index is 0. The molecule has 0 bridgehead atoms. The van der Waals surface area contributed by atoms with E-state index in [-0.39, 0.29) is 0 Å². The van der Waals surface area contributed by atoms with Crippen LogP contribution in [0.2, 0.25) is 0 Å². The van der Waals surface area contributed by atoms with Crippen LogP contribution in [0, 0.1) is 18.3 Å². The average Bonchev–Trinajstić information content (AvgIpc) is 2.53. The number of rotatable bonds is 3. The Morgan fingerprint density at radius 3 is 2.30 bits per heavy atom. The minimum absolute atomic E-state index is 0.705. The minimum atomic E-state index is 0.705. The van der Waals surface area contributed by atoms with Crippen LogP contribution in [-0.4, -0.2) is 6.72 Å². The molecule has 20 heavy (non-hydrogen) atoms. The Kier molecular flexibility index (Phi) is 13.4. The van der Waals surface area contributed by atoms with Gasteiger partial charge in [0.1, 0.15) is 0 Å². The molecule has 0 aliphatic carbocycles. The Labute approximate surface area is 124 Å². The summed E-state index contributed by atoms with van der Waals surface area (Å²) < 4.78 is 0. The summed E-state index contributed by atoms with van der Waals surface area (Å²) in [7, 11) is 0. The number of hydrogen-bond donors (Lipinski definition) is 0. The molecular formula is C18H26N2. The van der Waals surface area contributed by atoms with Crippen LogP contribution in [0.5, 0.6) is 0 Å². The Bertz CT molecular complexity index is 489. The highest BCUT2D eigenvalue weighted by Crippen LogP contribution is 2.22. The lowest BCUT2D eigenvalue weighted by Crippen LogP contribution is -1.90. The van der Waals surface area contributed by atoms with Crippen molar-refractivity contribution in [3.8, 4) is 6.07 Å². The van der Waals surface area contributed by atoms with E-state index >= 15 is 0 Å². The molecule has 0 aliphatic heterocycles. The van der Waals surface area contributed by atoms with Gasteiger partial charge < -0.3 is 0 Å². The average molecular weight is 270 g/mol. The van der Waals surface area contributed by atoms with Gasteiger partial charge in [-0.15, -0.1) is 0 Å². The minimum Gasteiger partial charge on any atom is -0.272 e. The number of nitriles is 1. The fraction of sp³-hybridized carbons (Fsp3) is 0.333. The summed E-state index contributed by atoms with van der Waals surface area (Å²) in [5, 5.41) is 8.96. The number of benzene rings is 1. The zero-order valence-electron chi connectivity index (χ0n) is 13.6. The van der Waals surface area contributed by atoms with Gasteiger partial charge >= 0.3 is 0 Å². The van der Waals surface area contributed by atoms with E-state index in [4.69, 9.17) is 5.26 Å². The van der Waals surface area contributed by atoms with E-state index in [1.165, 1.54) is 0 Å². The molecular weight excluding hydrogens is 244 g/mol. The van der Waals surface area contributed by atoms with E-state index in [0.29, 0.717) is 5.56 Å². The topological polar surface area (TPSA) is 36.1 Å². The van der Waals surface area contributed by atoms with Crippen LogP contribution in [0.15, 0.2) is 41.5 Å². The summed E-state index contributed by atoms with van der Waals surface area (Å²) in [4.78, 5) is 3.68. The molecule has 0 saturated heterocycles. The van der Waals surface area contributed by atoms with Crippen molar-refractivity contribution in [2.24, 2.45) is 4.99 Å². The Morgan fingerprint density at radius 2 is 1.85 bits per heavy atom. The molecule has 0 amide bonds. The zero-order valence-corrected chi connectivity index (χ0v) is 13.6. The van der Waals surface area contributed by atoms with Crippen LogP contribution in [0.1, 0.15) is 51.3 Å². The lowest BCUT2D eigenvalue weighted by molar-refractivity contribution is 1.36. The van der Waals surface area contributed by atoms with Crippen molar-refractivity contribution < 1.29 is 0 Å². The van der Waals surface area contributed by atoms with Crippen LogP contribution in [0.25, 0.3) is 5.57 Å². The van der Waals surface area contributed by atoms with Crippen LogP contribution in [-0.2, 0) is 0 Å². The number of nitrogens with zero attached hydrogens (tertiary/aromatic N) is 2. The summed E-state index contributed by atoms with van der Waals surface area (Å²) in [6.45, 7) is 15.3. The van der Waals surface area contributed by atoms with E-state index < -0.39 is 0 Å². The first-order chi connectivity index (χ1) is 9.74. The second-order valence-corrected chi connectivity index (χ2v) is 3.33. The Morgan fingerprint density at radius 1 is 1.25 bits per heavy atom. The molecule has 0 fully saturated rings. The van der Waals surface area contributed by atoms with E-state index in [0.717, 1.165) is 16.7 Å². The number of aliphatic imine (C=N–C) groups is 1. The fourth-order valence-corrected chi connectivity index (χ4v) is 1.54. The quantitative estimate of drug-likeness (QED) is 0.525. The lowest BCUT2D eigenvalue weighted by atomic mass is 9.96. The SMILES string of the molecule is C=N/C=C\C(=C/C)c1cccc(C#N)c1C.CC.CC. The van der Waals surface area contributed by atoms with Crippen molar-refractivity contribution in [3.05, 3.63) is 53.2 Å². The van der Waals surface area contributed by atoms with Gasteiger partial charge in [-0.05, 0) is 49.4 Å². The molecule has 0 spiro atoms. The van der Waals surface area contributed by atoms with Gasteiger partial charge in [-0.1, -0.05) is 45.9 Å². The standard InChI is InChI=1S/C14H14N2.2C2H6/c1-4-12(8-9-16-3)14-7-5-6-13(10-15)11(14)2;2*1-2/h4-9H,3H2,1-2H3;2*1-2H3/b9-8-,12-4+;;. The van der Waals surface area contributed by atoms with Crippen molar-refractivity contribution in [2.45, 2.75) is 41.5 Å². The maximum atomic E-state index is 8.96. The number of hydrogen-bond acceptors (Lipinski definition) is 2. The van der Waals surface area contributed by atoms with E-state index in [1.807, 2.05) is 71.9 Å². The van der Waals surface area contributed by atoms with Crippen molar-refractivity contribution in [1.29, 1.82) is 5.26 Å². The molecule has 2 nitrogen and oxygen atoms in total. The molecule has 1 rings (SSSR count). The second kappa shape index (κ2) is 13.3. The second-order valence-electron chi connectivity index (χ2n) is 3.33. The van der Waals surface area contributed by atoms with Gasteiger partial charge in [-0.3, -0.25) is 4.99 Å². The third-order valence-electron chi connectivity index (χ3n) is 2.44. The maximum Gasteiger partial charge on any atom is 0.0994 e. The van der Waals surface area contributed by atoms with Crippen molar-refractivity contribution >= 4 is 12.3 Å². The van der Waals surface area contributed by atoms with Gasteiger partial charge in [0, 0.05) is 6.20 Å². The highest BCUT2D eigenvalue weighted by Gasteiger charge is 2.05. The molecule has 0 atom stereocenters. The summed E-state index contributed by atoms with van der Waals surface area (Å²) >= 11 is 0. The Hall–Kier alpha value is -2.14. The van der Waals surface area contributed by atoms with E-state index in [2.05, 4.69) is 17.8 Å². The monoisotopic (exact) mass is 270 g/mol. The zero-order chi connectivity index (χ0) is 16.0. The summed E-state index contributed by atoms with van der Waals surface area (Å²) in [5.41, 5.74) is 3.80. The van der Waals surface area contributed by atoms with Gasteiger partial charge in [0.15, 0.2) is 0 Å². The molecule has 108 valence electrons. The van der Waals surface area contributed by atoms with Gasteiger partial charge in [-0.25, -0.2) is 0 Å². The van der Waals surface area contributed by atoms with Crippen LogP contribution < -0.4 is 0 Å². The highest BCUT2D eigenvalue weighted by molar-refractivity contribution is 5.76. The molecule has 0 unspecified atom stereocenters. The summed E-state index contributed by atoms with van der Waals surface area (Å²) in [5.74, 6) is 0. The van der Waals surface area contributed by atoms with Crippen LogP contribution >= 0.6 is 0 Å². The lowest BCUT2D eigenvalue weighted by Gasteiger charge is -2.07.